The highest BCUT2D eigenvalue weighted by Gasteiger charge is 2.32. The van der Waals surface area contributed by atoms with Crippen LogP contribution < -0.4 is 15.4 Å². The maximum absolute atomic E-state index is 12.9. The van der Waals surface area contributed by atoms with Crippen molar-refractivity contribution in [2.24, 2.45) is 0 Å². The molecule has 0 aliphatic heterocycles. The van der Waals surface area contributed by atoms with Crippen LogP contribution in [0.25, 0.3) is 0 Å². The van der Waals surface area contributed by atoms with Crippen LogP contribution in [-0.2, 0) is 10.5 Å². The van der Waals surface area contributed by atoms with Gasteiger partial charge in [-0.15, -0.1) is 24.9 Å². The number of anilines is 2. The number of carbonyl (C=O) groups excluding carboxylic acids is 2. The number of rotatable bonds is 7. The normalized spacial score (nSPS) is 11.5. The summed E-state index contributed by atoms with van der Waals surface area (Å²) in [6, 6.07) is 9.98. The fourth-order valence-electron chi connectivity index (χ4n) is 2.86. The van der Waals surface area contributed by atoms with E-state index in [-0.39, 0.29) is 16.3 Å². The fourth-order valence-corrected chi connectivity index (χ4v) is 4.01. The second-order valence-corrected chi connectivity index (χ2v) is 9.84. The SMILES string of the molecule is CC(C)(C)OC(=O)Nc1cc(CSc2ncccc2C(=O)Nc2ccc(OC(F)(F)F)c(Cl)c2)ccn1. The molecule has 0 fully saturated rings. The Morgan fingerprint density at radius 2 is 1.78 bits per heavy atom. The zero-order chi connectivity index (χ0) is 27.2. The number of hydrogen-bond acceptors (Lipinski definition) is 7. The first-order valence-corrected chi connectivity index (χ1v) is 12.0. The van der Waals surface area contributed by atoms with E-state index < -0.39 is 29.7 Å². The summed E-state index contributed by atoms with van der Waals surface area (Å²) in [7, 11) is 0. The summed E-state index contributed by atoms with van der Waals surface area (Å²) in [4.78, 5) is 33.2. The number of amides is 2. The molecule has 3 aromatic rings. The van der Waals surface area contributed by atoms with Gasteiger partial charge in [-0.3, -0.25) is 10.1 Å². The summed E-state index contributed by atoms with van der Waals surface area (Å²) in [6.45, 7) is 5.25. The predicted octanol–water partition coefficient (Wildman–Crippen LogP) is 6.92. The van der Waals surface area contributed by atoms with E-state index in [1.54, 1.807) is 45.0 Å². The molecule has 0 saturated heterocycles. The second-order valence-electron chi connectivity index (χ2n) is 8.47. The summed E-state index contributed by atoms with van der Waals surface area (Å²) >= 11 is 7.13. The van der Waals surface area contributed by atoms with Crippen LogP contribution in [0.1, 0.15) is 36.7 Å². The van der Waals surface area contributed by atoms with E-state index >= 15 is 0 Å². The molecule has 0 spiro atoms. The maximum Gasteiger partial charge on any atom is 0.573 e. The molecule has 196 valence electrons. The Kier molecular flexibility index (Phi) is 8.87. The van der Waals surface area contributed by atoms with E-state index in [0.717, 1.165) is 17.7 Å². The third kappa shape index (κ3) is 9.14. The Bertz CT molecular complexity index is 1290. The van der Waals surface area contributed by atoms with Gasteiger partial charge in [-0.05, 0) is 68.8 Å². The summed E-state index contributed by atoms with van der Waals surface area (Å²) in [5.41, 5.74) is 0.573. The van der Waals surface area contributed by atoms with Crippen LogP contribution in [0.2, 0.25) is 5.02 Å². The van der Waals surface area contributed by atoms with Crippen LogP contribution in [0, 0.1) is 0 Å². The second kappa shape index (κ2) is 11.7. The van der Waals surface area contributed by atoms with Crippen LogP contribution in [0.4, 0.5) is 29.5 Å². The highest BCUT2D eigenvalue weighted by Crippen LogP contribution is 2.33. The number of nitrogens with zero attached hydrogens (tertiary/aromatic N) is 2. The molecule has 0 saturated carbocycles. The molecule has 0 aliphatic carbocycles. The number of aromatic nitrogens is 2. The number of carbonyl (C=O) groups is 2. The minimum Gasteiger partial charge on any atom is -0.444 e. The quantitative estimate of drug-likeness (QED) is 0.306. The number of alkyl halides is 3. The number of hydrogen-bond donors (Lipinski definition) is 2. The Balaban J connectivity index is 1.67. The molecule has 2 amide bonds. The maximum atomic E-state index is 12.9. The molecular formula is C24H22ClF3N4O4S. The first kappa shape index (κ1) is 28.1. The van der Waals surface area contributed by atoms with Crippen molar-refractivity contribution in [3.05, 3.63) is 71.0 Å². The van der Waals surface area contributed by atoms with Crippen LogP contribution >= 0.6 is 23.4 Å². The minimum absolute atomic E-state index is 0.177. The van der Waals surface area contributed by atoms with Gasteiger partial charge in [0.05, 0.1) is 10.6 Å². The largest absolute Gasteiger partial charge is 0.573 e. The number of thioether (sulfide) groups is 1. The molecule has 37 heavy (non-hydrogen) atoms. The lowest BCUT2D eigenvalue weighted by Crippen LogP contribution is -2.27. The van der Waals surface area contributed by atoms with E-state index in [1.165, 1.54) is 30.2 Å². The van der Waals surface area contributed by atoms with Crippen molar-refractivity contribution in [2.75, 3.05) is 10.6 Å². The average Bonchev–Trinajstić information content (AvgIpc) is 2.78. The summed E-state index contributed by atoms with van der Waals surface area (Å²) in [5, 5.41) is 5.27. The van der Waals surface area contributed by atoms with Gasteiger partial charge in [-0.25, -0.2) is 14.8 Å². The van der Waals surface area contributed by atoms with E-state index in [4.69, 9.17) is 16.3 Å². The topological polar surface area (TPSA) is 102 Å². The van der Waals surface area contributed by atoms with Gasteiger partial charge in [0.1, 0.15) is 22.2 Å². The standard InChI is InChI=1S/C24H22ClF3N4O4S/c1-23(2,3)36-22(34)32-19-11-14(8-10-29-19)13-37-21-16(5-4-9-30-21)20(33)31-15-6-7-18(17(25)12-15)35-24(26,27)28/h4-12H,13H2,1-3H3,(H,31,33)(H,29,32,34). The smallest absolute Gasteiger partial charge is 0.444 e. The van der Waals surface area contributed by atoms with E-state index in [2.05, 4.69) is 25.3 Å². The molecule has 1 aromatic carbocycles. The number of halogens is 4. The summed E-state index contributed by atoms with van der Waals surface area (Å²) in [6.07, 6.45) is -2.46. The molecule has 3 rings (SSSR count). The third-order valence-corrected chi connectivity index (χ3v) is 5.63. The molecular weight excluding hydrogens is 533 g/mol. The average molecular weight is 555 g/mol. The van der Waals surface area contributed by atoms with Crippen molar-refractivity contribution in [1.82, 2.24) is 9.97 Å². The van der Waals surface area contributed by atoms with Gasteiger partial charge in [0, 0.05) is 23.8 Å². The predicted molar refractivity (Wildman–Crippen MR) is 134 cm³/mol. The third-order valence-electron chi connectivity index (χ3n) is 4.26. The highest BCUT2D eigenvalue weighted by molar-refractivity contribution is 7.98. The first-order chi connectivity index (χ1) is 17.3. The molecule has 0 unspecified atom stereocenters. The van der Waals surface area contributed by atoms with E-state index in [9.17, 15) is 22.8 Å². The van der Waals surface area contributed by atoms with Gasteiger partial charge in [0.2, 0.25) is 0 Å². The zero-order valence-corrected chi connectivity index (χ0v) is 21.4. The molecule has 2 heterocycles. The van der Waals surface area contributed by atoms with Gasteiger partial charge in [-0.2, -0.15) is 0 Å². The molecule has 13 heteroatoms. The van der Waals surface area contributed by atoms with Crippen LogP contribution in [0.3, 0.4) is 0 Å². The summed E-state index contributed by atoms with van der Waals surface area (Å²) in [5.74, 6) is -0.403. The number of nitrogens with one attached hydrogen (secondary N) is 2. The van der Waals surface area contributed by atoms with Crippen molar-refractivity contribution in [1.29, 1.82) is 0 Å². The molecule has 0 radical (unpaired) electrons. The van der Waals surface area contributed by atoms with Gasteiger partial charge in [0.25, 0.3) is 5.91 Å². The van der Waals surface area contributed by atoms with Crippen molar-refractivity contribution >= 4 is 46.9 Å². The Morgan fingerprint density at radius 1 is 1.03 bits per heavy atom. The molecule has 2 N–H and O–H groups in total. The molecule has 0 bridgehead atoms. The Labute approximate surface area is 219 Å². The Hall–Kier alpha value is -3.51. The molecule has 0 aliphatic rings. The lowest BCUT2D eigenvalue weighted by Gasteiger charge is -2.19. The lowest BCUT2D eigenvalue weighted by atomic mass is 10.2. The first-order valence-electron chi connectivity index (χ1n) is 10.7. The van der Waals surface area contributed by atoms with Gasteiger partial charge in [0.15, 0.2) is 0 Å². The molecule has 2 aromatic heterocycles. The zero-order valence-electron chi connectivity index (χ0n) is 19.9. The van der Waals surface area contributed by atoms with Crippen LogP contribution in [-0.4, -0.2) is 33.9 Å². The minimum atomic E-state index is -4.89. The van der Waals surface area contributed by atoms with Crippen molar-refractivity contribution in [3.8, 4) is 5.75 Å². The number of pyridine rings is 2. The fraction of sp³-hybridized carbons (Fsp3) is 0.250. The van der Waals surface area contributed by atoms with Crippen molar-refractivity contribution in [3.63, 3.8) is 0 Å². The van der Waals surface area contributed by atoms with Crippen molar-refractivity contribution < 1.29 is 32.2 Å². The molecule has 8 nitrogen and oxygen atoms in total. The van der Waals surface area contributed by atoms with E-state index in [0.29, 0.717) is 16.6 Å². The van der Waals surface area contributed by atoms with Crippen LogP contribution in [0.5, 0.6) is 5.75 Å². The molecule has 0 atom stereocenters. The van der Waals surface area contributed by atoms with Gasteiger partial charge >= 0.3 is 12.5 Å². The van der Waals surface area contributed by atoms with E-state index in [1.807, 2.05) is 0 Å². The highest BCUT2D eigenvalue weighted by atomic mass is 35.5. The summed E-state index contributed by atoms with van der Waals surface area (Å²) < 4.78 is 46.4. The lowest BCUT2D eigenvalue weighted by molar-refractivity contribution is -0.274. The van der Waals surface area contributed by atoms with Crippen LogP contribution in [0.15, 0.2) is 59.9 Å². The number of ether oxygens (including phenoxy) is 2. The van der Waals surface area contributed by atoms with Gasteiger partial charge in [-0.1, -0.05) is 11.6 Å². The van der Waals surface area contributed by atoms with Gasteiger partial charge < -0.3 is 14.8 Å². The number of benzene rings is 1. The van der Waals surface area contributed by atoms with Crippen molar-refractivity contribution in [2.45, 2.75) is 43.5 Å². The Morgan fingerprint density at radius 3 is 2.46 bits per heavy atom. The monoisotopic (exact) mass is 554 g/mol.